The van der Waals surface area contributed by atoms with Gasteiger partial charge in [0.05, 0.1) is 18.1 Å². The highest BCUT2D eigenvalue weighted by molar-refractivity contribution is 5.35. The van der Waals surface area contributed by atoms with E-state index in [1.165, 1.54) is 11.1 Å². The first-order chi connectivity index (χ1) is 9.27. The molecule has 0 saturated heterocycles. The number of hydrogen-bond acceptors (Lipinski definition) is 1. The minimum Gasteiger partial charge on any atom is -0.388 e. The van der Waals surface area contributed by atoms with Crippen molar-refractivity contribution in [2.45, 2.75) is 30.9 Å². The van der Waals surface area contributed by atoms with Gasteiger partial charge in [0, 0.05) is 6.42 Å². The van der Waals surface area contributed by atoms with Crippen molar-refractivity contribution in [1.82, 2.24) is 0 Å². The molecule has 2 heteroatoms. The molecule has 0 aliphatic heterocycles. The van der Waals surface area contributed by atoms with E-state index in [4.69, 9.17) is 0 Å². The number of hydrogen-bond donors (Lipinski definition) is 2. The van der Waals surface area contributed by atoms with E-state index in [9.17, 15) is 5.11 Å². The van der Waals surface area contributed by atoms with Gasteiger partial charge in [0.1, 0.15) is 0 Å². The highest BCUT2D eigenvalue weighted by Crippen LogP contribution is 2.38. The number of fused-ring (bicyclic) bond motifs is 1. The van der Waals surface area contributed by atoms with Crippen LogP contribution in [0.5, 0.6) is 0 Å². The van der Waals surface area contributed by atoms with Gasteiger partial charge in [-0.05, 0) is 23.1 Å². The molecule has 0 spiro atoms. The van der Waals surface area contributed by atoms with Crippen molar-refractivity contribution >= 4 is 0 Å². The third-order valence-electron chi connectivity index (χ3n) is 4.19. The van der Waals surface area contributed by atoms with E-state index in [2.05, 4.69) is 23.9 Å². The molecule has 2 aromatic carbocycles. The average molecular weight is 254 g/mol. The molecule has 19 heavy (non-hydrogen) atoms. The van der Waals surface area contributed by atoms with Crippen LogP contribution in [0.15, 0.2) is 54.6 Å². The van der Waals surface area contributed by atoms with Crippen molar-refractivity contribution in [2.24, 2.45) is 0 Å². The Balaban J connectivity index is 2.05. The zero-order valence-corrected chi connectivity index (χ0v) is 11.0. The van der Waals surface area contributed by atoms with E-state index in [-0.39, 0.29) is 12.0 Å². The summed E-state index contributed by atoms with van der Waals surface area (Å²) in [5.74, 6) is 0.0878. The Kier molecular flexibility index (Phi) is 3.36. The molecule has 0 heterocycles. The minimum absolute atomic E-state index is 0.0878. The number of aliphatic hydroxyl groups excluding tert-OH is 1. The molecule has 0 aromatic heterocycles. The summed E-state index contributed by atoms with van der Waals surface area (Å²) < 4.78 is 0. The van der Waals surface area contributed by atoms with Crippen LogP contribution in [0.3, 0.4) is 0 Å². The Hall–Kier alpha value is -1.64. The lowest BCUT2D eigenvalue weighted by Crippen LogP contribution is -2.64. The lowest BCUT2D eigenvalue weighted by Gasteiger charge is -2.24. The topological polar surface area (TPSA) is 47.9 Å². The first-order valence-electron chi connectivity index (χ1n) is 6.91. The molecule has 4 N–H and O–H groups in total. The number of rotatable bonds is 1. The number of aryl methyl sites for hydroxylation is 1. The van der Waals surface area contributed by atoms with Crippen LogP contribution in [-0.2, 0) is 6.42 Å². The van der Waals surface area contributed by atoms with Crippen molar-refractivity contribution in [1.29, 1.82) is 0 Å². The molecule has 3 unspecified atom stereocenters. The van der Waals surface area contributed by atoms with Crippen molar-refractivity contribution < 1.29 is 10.8 Å². The Morgan fingerprint density at radius 2 is 1.63 bits per heavy atom. The van der Waals surface area contributed by atoms with E-state index in [1.54, 1.807) is 0 Å². The summed E-state index contributed by atoms with van der Waals surface area (Å²) in [4.78, 5) is 0. The number of benzene rings is 2. The van der Waals surface area contributed by atoms with Crippen LogP contribution in [0.4, 0.5) is 0 Å². The fraction of sp³-hybridized carbons (Fsp3) is 0.294. The second-order valence-corrected chi connectivity index (χ2v) is 5.38. The molecule has 2 nitrogen and oxygen atoms in total. The van der Waals surface area contributed by atoms with Gasteiger partial charge in [-0.1, -0.05) is 54.6 Å². The molecule has 0 saturated carbocycles. The van der Waals surface area contributed by atoms with Crippen LogP contribution in [0.25, 0.3) is 0 Å². The normalized spacial score (nSPS) is 26.5. The molecule has 0 fully saturated rings. The minimum atomic E-state index is -0.455. The highest BCUT2D eigenvalue weighted by atomic mass is 16.3. The zero-order valence-electron chi connectivity index (χ0n) is 11.0. The molecule has 1 aliphatic carbocycles. The first kappa shape index (κ1) is 12.4. The first-order valence-corrected chi connectivity index (χ1v) is 6.91. The predicted octanol–water partition coefficient (Wildman–Crippen LogP) is 2.06. The largest absolute Gasteiger partial charge is 0.388 e. The van der Waals surface area contributed by atoms with Crippen LogP contribution in [0.2, 0.25) is 0 Å². The van der Waals surface area contributed by atoms with E-state index in [0.29, 0.717) is 0 Å². The quantitative estimate of drug-likeness (QED) is 0.752. The van der Waals surface area contributed by atoms with E-state index in [1.807, 2.05) is 36.4 Å². The van der Waals surface area contributed by atoms with Gasteiger partial charge in [0.15, 0.2) is 0 Å². The smallest absolute Gasteiger partial charge is 0.0944 e. The molecule has 3 atom stereocenters. The molecule has 0 bridgehead atoms. The summed E-state index contributed by atoms with van der Waals surface area (Å²) in [7, 11) is 0. The Bertz CT molecular complexity index is 552. The van der Waals surface area contributed by atoms with Gasteiger partial charge in [-0.2, -0.15) is 0 Å². The van der Waals surface area contributed by atoms with Crippen LogP contribution in [0, 0.1) is 0 Å². The Morgan fingerprint density at radius 3 is 2.42 bits per heavy atom. The maximum absolute atomic E-state index is 10.8. The van der Waals surface area contributed by atoms with Crippen LogP contribution in [0.1, 0.15) is 35.1 Å². The molecule has 2 aromatic rings. The predicted molar refractivity (Wildman–Crippen MR) is 75.6 cm³/mol. The summed E-state index contributed by atoms with van der Waals surface area (Å²) in [6, 6.07) is 18.7. The van der Waals surface area contributed by atoms with Gasteiger partial charge < -0.3 is 10.8 Å². The molecular formula is C17H20NO+. The van der Waals surface area contributed by atoms with E-state index >= 15 is 0 Å². The van der Waals surface area contributed by atoms with Gasteiger partial charge >= 0.3 is 0 Å². The maximum atomic E-state index is 10.8. The standard InChI is InChI=1S/C17H19NO/c18-15-11-10-12-6-4-5-9-14(12)17(19)16(15)13-7-2-1-3-8-13/h1-9,15-17,19H,10-11,18H2/p+1. The fourth-order valence-electron chi connectivity index (χ4n) is 3.15. The maximum Gasteiger partial charge on any atom is 0.0944 e. The van der Waals surface area contributed by atoms with Crippen LogP contribution < -0.4 is 5.73 Å². The average Bonchev–Trinajstić information content (AvgIpc) is 2.58. The van der Waals surface area contributed by atoms with Gasteiger partial charge in [0.2, 0.25) is 0 Å². The second kappa shape index (κ2) is 5.16. The third kappa shape index (κ3) is 2.29. The second-order valence-electron chi connectivity index (χ2n) is 5.38. The fourth-order valence-corrected chi connectivity index (χ4v) is 3.15. The van der Waals surface area contributed by atoms with Crippen molar-refractivity contribution in [3.8, 4) is 0 Å². The lowest BCUT2D eigenvalue weighted by atomic mass is 9.84. The zero-order chi connectivity index (χ0) is 13.2. The van der Waals surface area contributed by atoms with Crippen molar-refractivity contribution in [3.05, 3.63) is 71.3 Å². The summed E-state index contributed by atoms with van der Waals surface area (Å²) >= 11 is 0. The van der Waals surface area contributed by atoms with Crippen molar-refractivity contribution in [2.75, 3.05) is 0 Å². The van der Waals surface area contributed by atoms with E-state index < -0.39 is 6.10 Å². The Morgan fingerprint density at radius 1 is 0.947 bits per heavy atom. The van der Waals surface area contributed by atoms with Crippen molar-refractivity contribution in [3.63, 3.8) is 0 Å². The van der Waals surface area contributed by atoms with Gasteiger partial charge in [-0.15, -0.1) is 0 Å². The van der Waals surface area contributed by atoms with Gasteiger partial charge in [-0.25, -0.2) is 0 Å². The highest BCUT2D eigenvalue weighted by Gasteiger charge is 2.34. The summed E-state index contributed by atoms with van der Waals surface area (Å²) in [5, 5.41) is 10.8. The number of aliphatic hydroxyl groups is 1. The third-order valence-corrected chi connectivity index (χ3v) is 4.19. The molecule has 98 valence electrons. The SMILES string of the molecule is [NH3+]C1CCc2ccccc2C(O)C1c1ccccc1. The summed E-state index contributed by atoms with van der Waals surface area (Å²) in [5.41, 5.74) is 7.81. The lowest BCUT2D eigenvalue weighted by molar-refractivity contribution is -0.430. The summed E-state index contributed by atoms with van der Waals surface area (Å²) in [6.07, 6.45) is 1.57. The molecule has 0 amide bonds. The molecule has 3 rings (SSSR count). The number of quaternary nitrogens is 1. The molecule has 0 radical (unpaired) electrons. The van der Waals surface area contributed by atoms with E-state index in [0.717, 1.165) is 18.4 Å². The molecule has 1 aliphatic rings. The van der Waals surface area contributed by atoms with Crippen LogP contribution in [-0.4, -0.2) is 11.1 Å². The van der Waals surface area contributed by atoms with Crippen LogP contribution >= 0.6 is 0 Å². The monoisotopic (exact) mass is 254 g/mol. The van der Waals surface area contributed by atoms with Gasteiger partial charge in [0.25, 0.3) is 0 Å². The van der Waals surface area contributed by atoms with Gasteiger partial charge in [-0.3, -0.25) is 0 Å². The Labute approximate surface area is 113 Å². The molecular weight excluding hydrogens is 234 g/mol. The summed E-state index contributed by atoms with van der Waals surface area (Å²) in [6.45, 7) is 0.